The molecule has 1 aromatic carbocycles. The molecule has 0 aliphatic heterocycles. The van der Waals surface area contributed by atoms with Crippen LogP contribution in [0.25, 0.3) is 0 Å². The van der Waals surface area contributed by atoms with Crippen molar-refractivity contribution in [2.45, 2.75) is 26.3 Å². The third-order valence-corrected chi connectivity index (χ3v) is 3.13. The van der Waals surface area contributed by atoms with Crippen LogP contribution in [0.1, 0.15) is 31.9 Å². The molecule has 1 unspecified atom stereocenters. The Kier molecular flexibility index (Phi) is 5.70. The van der Waals surface area contributed by atoms with Gasteiger partial charge in [0.05, 0.1) is 17.5 Å². The van der Waals surface area contributed by atoms with Crippen LogP contribution in [0.4, 0.5) is 4.39 Å². The summed E-state index contributed by atoms with van der Waals surface area (Å²) in [7, 11) is 0. The maximum absolute atomic E-state index is 13.4. The molecule has 20 heavy (non-hydrogen) atoms. The topological polar surface area (TPSA) is 66.4 Å². The van der Waals surface area contributed by atoms with Gasteiger partial charge in [0, 0.05) is 5.57 Å². The first kappa shape index (κ1) is 16.2. The molecule has 0 aliphatic carbocycles. The second-order valence-electron chi connectivity index (χ2n) is 4.27. The van der Waals surface area contributed by atoms with Crippen molar-refractivity contribution in [3.63, 3.8) is 0 Å². The van der Waals surface area contributed by atoms with Crippen LogP contribution in [0, 0.1) is 5.82 Å². The van der Waals surface area contributed by atoms with Crippen molar-refractivity contribution < 1.29 is 19.1 Å². The van der Waals surface area contributed by atoms with Crippen LogP contribution >= 0.6 is 11.6 Å². The van der Waals surface area contributed by atoms with Crippen LogP contribution < -0.4 is 5.32 Å². The summed E-state index contributed by atoms with van der Waals surface area (Å²) >= 11 is 5.58. The summed E-state index contributed by atoms with van der Waals surface area (Å²) in [5.41, 5.74) is 0.807. The first-order valence-electron chi connectivity index (χ1n) is 5.95. The molecule has 0 aliphatic rings. The first-order valence-corrected chi connectivity index (χ1v) is 6.33. The molecule has 1 amide bonds. The van der Waals surface area contributed by atoms with Crippen molar-refractivity contribution >= 4 is 23.5 Å². The van der Waals surface area contributed by atoms with E-state index >= 15 is 0 Å². The first-order chi connectivity index (χ1) is 9.35. The maximum atomic E-state index is 13.4. The molecule has 0 saturated heterocycles. The van der Waals surface area contributed by atoms with Gasteiger partial charge in [-0.2, -0.15) is 0 Å². The fourth-order valence-corrected chi connectivity index (χ4v) is 1.68. The van der Waals surface area contributed by atoms with Crippen molar-refractivity contribution in [1.82, 2.24) is 5.32 Å². The molecule has 0 bridgehead atoms. The highest BCUT2D eigenvalue weighted by Gasteiger charge is 2.19. The van der Waals surface area contributed by atoms with E-state index in [-0.39, 0.29) is 11.4 Å². The zero-order valence-electron chi connectivity index (χ0n) is 11.1. The molecule has 2 N–H and O–H groups in total. The lowest BCUT2D eigenvalue weighted by atomic mass is 10.0. The summed E-state index contributed by atoms with van der Waals surface area (Å²) in [5, 5.41) is 11.4. The minimum Gasteiger partial charge on any atom is -0.481 e. The minimum absolute atomic E-state index is 0.0567. The molecule has 108 valence electrons. The van der Waals surface area contributed by atoms with E-state index in [9.17, 15) is 14.0 Å². The molecule has 0 radical (unpaired) electrons. The van der Waals surface area contributed by atoms with Crippen molar-refractivity contribution in [3.05, 3.63) is 46.3 Å². The monoisotopic (exact) mass is 299 g/mol. The number of halogens is 2. The molecule has 0 heterocycles. The van der Waals surface area contributed by atoms with Gasteiger partial charge >= 0.3 is 5.97 Å². The van der Waals surface area contributed by atoms with Gasteiger partial charge in [-0.05, 0) is 31.5 Å². The van der Waals surface area contributed by atoms with Crippen LogP contribution in [0.2, 0.25) is 5.02 Å². The highest BCUT2D eigenvalue weighted by Crippen LogP contribution is 2.22. The predicted octanol–water partition coefficient (Wildman–Crippen LogP) is 3.08. The fourth-order valence-electron chi connectivity index (χ4n) is 1.56. The third kappa shape index (κ3) is 4.35. The van der Waals surface area contributed by atoms with Gasteiger partial charge in [0.1, 0.15) is 5.82 Å². The standard InChI is InChI=1S/C14H15ClFNO3/c1-3-8(2)14(20)17-12(7-13(18)19)9-4-5-10(15)11(16)6-9/h3-6,12H,7H2,1-2H3,(H,17,20)(H,18,19)/b8-3+. The van der Waals surface area contributed by atoms with E-state index in [1.807, 2.05) is 0 Å². The van der Waals surface area contributed by atoms with E-state index in [4.69, 9.17) is 16.7 Å². The van der Waals surface area contributed by atoms with Crippen LogP contribution in [0.5, 0.6) is 0 Å². The smallest absolute Gasteiger partial charge is 0.305 e. The van der Waals surface area contributed by atoms with E-state index in [0.29, 0.717) is 11.1 Å². The van der Waals surface area contributed by atoms with Gasteiger partial charge < -0.3 is 10.4 Å². The summed E-state index contributed by atoms with van der Waals surface area (Å²) in [6.45, 7) is 3.30. The number of allylic oxidation sites excluding steroid dienone is 1. The lowest BCUT2D eigenvalue weighted by molar-refractivity contribution is -0.137. The Balaban J connectivity index is 3.02. The van der Waals surface area contributed by atoms with Gasteiger partial charge in [-0.3, -0.25) is 9.59 Å². The maximum Gasteiger partial charge on any atom is 0.305 e. The van der Waals surface area contributed by atoms with E-state index < -0.39 is 23.7 Å². The van der Waals surface area contributed by atoms with Crippen LogP contribution in [-0.4, -0.2) is 17.0 Å². The number of rotatable bonds is 5. The van der Waals surface area contributed by atoms with E-state index in [1.165, 1.54) is 12.1 Å². The van der Waals surface area contributed by atoms with Gasteiger partial charge in [-0.1, -0.05) is 23.7 Å². The number of carboxylic acid groups (broad SMARTS) is 1. The predicted molar refractivity (Wildman–Crippen MR) is 74.0 cm³/mol. The molecule has 0 spiro atoms. The third-order valence-electron chi connectivity index (χ3n) is 2.82. The van der Waals surface area contributed by atoms with Crippen molar-refractivity contribution in [1.29, 1.82) is 0 Å². The molecule has 4 nitrogen and oxygen atoms in total. The molecule has 0 saturated carbocycles. The van der Waals surface area contributed by atoms with Crippen molar-refractivity contribution in [2.24, 2.45) is 0 Å². The number of hydrogen-bond donors (Lipinski definition) is 2. The molecule has 6 heteroatoms. The highest BCUT2D eigenvalue weighted by atomic mass is 35.5. The number of hydrogen-bond acceptors (Lipinski definition) is 2. The van der Waals surface area contributed by atoms with E-state index in [2.05, 4.69) is 5.32 Å². The Morgan fingerprint density at radius 3 is 2.65 bits per heavy atom. The largest absolute Gasteiger partial charge is 0.481 e. The summed E-state index contributed by atoms with van der Waals surface area (Å²) in [5.74, 6) is -2.14. The summed E-state index contributed by atoms with van der Waals surface area (Å²) in [4.78, 5) is 22.7. The second kappa shape index (κ2) is 7.05. The Labute approximate surface area is 121 Å². The zero-order chi connectivity index (χ0) is 15.3. The average molecular weight is 300 g/mol. The lowest BCUT2D eigenvalue weighted by Gasteiger charge is -2.18. The number of benzene rings is 1. The van der Waals surface area contributed by atoms with E-state index in [0.717, 1.165) is 6.07 Å². The van der Waals surface area contributed by atoms with Crippen molar-refractivity contribution in [2.75, 3.05) is 0 Å². The Morgan fingerprint density at radius 2 is 2.15 bits per heavy atom. The highest BCUT2D eigenvalue weighted by molar-refractivity contribution is 6.30. The number of carbonyl (C=O) groups is 2. The molecule has 1 atom stereocenters. The SMILES string of the molecule is C/C=C(\C)C(=O)NC(CC(=O)O)c1ccc(Cl)c(F)c1. The number of carboxylic acids is 1. The van der Waals surface area contributed by atoms with Gasteiger partial charge in [-0.25, -0.2) is 4.39 Å². The van der Waals surface area contributed by atoms with Gasteiger partial charge in [0.25, 0.3) is 0 Å². The lowest BCUT2D eigenvalue weighted by Crippen LogP contribution is -2.30. The van der Waals surface area contributed by atoms with Gasteiger partial charge in [0.2, 0.25) is 5.91 Å². The Hall–Kier alpha value is -1.88. The number of carbonyl (C=O) groups excluding carboxylic acids is 1. The van der Waals surface area contributed by atoms with Crippen molar-refractivity contribution in [3.8, 4) is 0 Å². The number of nitrogens with one attached hydrogen (secondary N) is 1. The summed E-state index contributed by atoms with van der Waals surface area (Å²) < 4.78 is 13.4. The molecule has 0 fully saturated rings. The Bertz CT molecular complexity index is 557. The molecule has 1 aromatic rings. The van der Waals surface area contributed by atoms with E-state index in [1.54, 1.807) is 19.9 Å². The molecule has 1 rings (SSSR count). The quantitative estimate of drug-likeness (QED) is 0.821. The van der Waals surface area contributed by atoms with Gasteiger partial charge in [0.15, 0.2) is 0 Å². The summed E-state index contributed by atoms with van der Waals surface area (Å²) in [6.07, 6.45) is 1.26. The molecule has 0 aromatic heterocycles. The van der Waals surface area contributed by atoms with Crippen LogP contribution in [-0.2, 0) is 9.59 Å². The average Bonchev–Trinajstić information content (AvgIpc) is 2.39. The van der Waals surface area contributed by atoms with Crippen LogP contribution in [0.15, 0.2) is 29.8 Å². The minimum atomic E-state index is -1.09. The normalized spacial score (nSPS) is 12.9. The fraction of sp³-hybridized carbons (Fsp3) is 0.286. The van der Waals surface area contributed by atoms with Gasteiger partial charge in [-0.15, -0.1) is 0 Å². The molecular formula is C14H15ClFNO3. The molecular weight excluding hydrogens is 285 g/mol. The number of aliphatic carboxylic acids is 1. The zero-order valence-corrected chi connectivity index (χ0v) is 11.9. The summed E-state index contributed by atoms with van der Waals surface area (Å²) in [6, 6.07) is 3.13. The second-order valence-corrected chi connectivity index (χ2v) is 4.68. The van der Waals surface area contributed by atoms with Crippen LogP contribution in [0.3, 0.4) is 0 Å². The Morgan fingerprint density at radius 1 is 1.50 bits per heavy atom. The number of amides is 1.